The summed E-state index contributed by atoms with van der Waals surface area (Å²) < 4.78 is 0. The number of rotatable bonds is 13. The second-order valence-electron chi connectivity index (χ2n) is 7.49. The fourth-order valence-electron chi connectivity index (χ4n) is 3.27. The van der Waals surface area contributed by atoms with Gasteiger partial charge in [-0.25, -0.2) is 4.79 Å². The van der Waals surface area contributed by atoms with Crippen molar-refractivity contribution in [3.8, 4) is 0 Å². The number of amides is 3. The van der Waals surface area contributed by atoms with Crippen LogP contribution in [0.4, 0.5) is 0 Å². The maximum absolute atomic E-state index is 12.8. The summed E-state index contributed by atoms with van der Waals surface area (Å²) in [5.41, 5.74) is 16.4. The highest BCUT2D eigenvalue weighted by molar-refractivity contribution is 7.80. The van der Waals surface area contributed by atoms with Gasteiger partial charge >= 0.3 is 11.9 Å². The molecule has 1 aliphatic rings. The molecule has 0 aliphatic carbocycles. The van der Waals surface area contributed by atoms with Gasteiger partial charge in [-0.2, -0.15) is 12.6 Å². The van der Waals surface area contributed by atoms with Crippen molar-refractivity contribution in [2.45, 2.75) is 56.3 Å². The quantitative estimate of drug-likeness (QED) is 0.0557. The molecule has 4 unspecified atom stereocenters. The summed E-state index contributed by atoms with van der Waals surface area (Å²) in [5.74, 6) is -5.23. The summed E-state index contributed by atoms with van der Waals surface area (Å²) in [7, 11) is 0. The maximum Gasteiger partial charge on any atom is 0.327 e. The molecule has 15 heteroatoms. The van der Waals surface area contributed by atoms with Gasteiger partial charge in [-0.05, 0) is 25.7 Å². The molecule has 14 nitrogen and oxygen atoms in total. The zero-order chi connectivity index (χ0) is 25.1. The molecule has 186 valence electrons. The fraction of sp³-hybridized carbons (Fsp3) is 0.667. The van der Waals surface area contributed by atoms with Gasteiger partial charge in [0.05, 0.1) is 12.5 Å². The minimum atomic E-state index is -1.54. The van der Waals surface area contributed by atoms with Crippen molar-refractivity contribution >= 4 is 48.2 Å². The van der Waals surface area contributed by atoms with E-state index in [-0.39, 0.29) is 24.7 Å². The first kappa shape index (κ1) is 28.0. The minimum absolute atomic E-state index is 0.0739. The van der Waals surface area contributed by atoms with Crippen molar-refractivity contribution < 1.29 is 34.2 Å². The van der Waals surface area contributed by atoms with E-state index in [0.717, 1.165) is 0 Å². The monoisotopic (exact) mass is 489 g/mol. The molecule has 1 rings (SSSR count). The molecule has 3 amide bonds. The van der Waals surface area contributed by atoms with E-state index >= 15 is 0 Å². The number of nitrogens with one attached hydrogen (secondary N) is 2. The number of carboxylic acids is 2. The summed E-state index contributed by atoms with van der Waals surface area (Å²) in [4.78, 5) is 65.3. The van der Waals surface area contributed by atoms with E-state index < -0.39 is 60.2 Å². The molecule has 0 saturated carbocycles. The molecule has 0 bridgehead atoms. The van der Waals surface area contributed by atoms with Crippen LogP contribution in [0.25, 0.3) is 0 Å². The maximum atomic E-state index is 12.8. The number of guanidine groups is 1. The molecule has 1 fully saturated rings. The highest BCUT2D eigenvalue weighted by atomic mass is 32.1. The van der Waals surface area contributed by atoms with E-state index in [1.807, 2.05) is 0 Å². The van der Waals surface area contributed by atoms with Gasteiger partial charge in [0.25, 0.3) is 0 Å². The number of nitrogens with zero attached hydrogens (tertiary/aromatic N) is 2. The third kappa shape index (κ3) is 9.13. The third-order valence-electron chi connectivity index (χ3n) is 4.93. The molecule has 10 N–H and O–H groups in total. The van der Waals surface area contributed by atoms with E-state index in [9.17, 15) is 24.0 Å². The number of hydrogen-bond acceptors (Lipinski definition) is 8. The van der Waals surface area contributed by atoms with Gasteiger partial charge in [-0.1, -0.05) is 0 Å². The predicted octanol–water partition coefficient (Wildman–Crippen LogP) is -3.18. The number of hydrogen-bond donors (Lipinski definition) is 8. The molecule has 0 aromatic rings. The molecule has 33 heavy (non-hydrogen) atoms. The van der Waals surface area contributed by atoms with Crippen LogP contribution in [0.2, 0.25) is 0 Å². The summed E-state index contributed by atoms with van der Waals surface area (Å²) in [5, 5.41) is 22.6. The van der Waals surface area contributed by atoms with Gasteiger partial charge in [-0.15, -0.1) is 0 Å². The fourth-order valence-corrected chi connectivity index (χ4v) is 3.52. The molecule has 1 heterocycles. The standard InChI is InChI=1S/C18H31N7O7S/c19-9(3-1-5-22-18(20)21)16(30)25-6-2-4-12(25)15(29)23-10(7-13(26)27)14(28)24-11(8-33)17(31)32/h9-12,33H,1-8,19H2,(H,23,29)(H,24,28)(H,26,27)(H,31,32)(H4,20,21,22). The van der Waals surface area contributed by atoms with Crippen LogP contribution < -0.4 is 27.8 Å². The molecular weight excluding hydrogens is 458 g/mol. The number of aliphatic imine (C=N–C) groups is 1. The van der Waals surface area contributed by atoms with E-state index in [4.69, 9.17) is 27.4 Å². The average molecular weight is 490 g/mol. The smallest absolute Gasteiger partial charge is 0.327 e. The van der Waals surface area contributed by atoms with Gasteiger partial charge in [0, 0.05) is 18.8 Å². The van der Waals surface area contributed by atoms with Crippen LogP contribution >= 0.6 is 12.6 Å². The summed E-state index contributed by atoms with van der Waals surface area (Å²) in [6, 6.07) is -4.74. The summed E-state index contributed by atoms with van der Waals surface area (Å²) in [6.07, 6.45) is 0.772. The lowest BCUT2D eigenvalue weighted by atomic mass is 10.1. The van der Waals surface area contributed by atoms with Crippen molar-refractivity contribution in [1.29, 1.82) is 0 Å². The Kier molecular flexibility index (Phi) is 11.4. The number of thiol groups is 1. The van der Waals surface area contributed by atoms with Gasteiger partial charge in [0.1, 0.15) is 18.1 Å². The Hall–Kier alpha value is -3.07. The number of carboxylic acid groups (broad SMARTS) is 2. The van der Waals surface area contributed by atoms with Crippen molar-refractivity contribution in [3.05, 3.63) is 0 Å². The number of carbonyl (C=O) groups excluding carboxylic acids is 3. The molecular formula is C18H31N7O7S. The predicted molar refractivity (Wildman–Crippen MR) is 120 cm³/mol. The van der Waals surface area contributed by atoms with Gasteiger partial charge in [0.2, 0.25) is 17.7 Å². The van der Waals surface area contributed by atoms with E-state index in [1.165, 1.54) is 4.90 Å². The highest BCUT2D eigenvalue weighted by Gasteiger charge is 2.38. The minimum Gasteiger partial charge on any atom is -0.481 e. The lowest BCUT2D eigenvalue weighted by Crippen LogP contribution is -2.57. The van der Waals surface area contributed by atoms with E-state index in [0.29, 0.717) is 25.8 Å². The first-order chi connectivity index (χ1) is 15.5. The number of nitrogens with two attached hydrogens (primary N) is 3. The summed E-state index contributed by atoms with van der Waals surface area (Å²) in [6.45, 7) is 0.567. The second kappa shape index (κ2) is 13.5. The van der Waals surface area contributed by atoms with Gasteiger partial charge in [0.15, 0.2) is 5.96 Å². The zero-order valence-electron chi connectivity index (χ0n) is 18.0. The van der Waals surface area contributed by atoms with Crippen molar-refractivity contribution in [3.63, 3.8) is 0 Å². The Balaban J connectivity index is 2.81. The molecule has 4 atom stereocenters. The SMILES string of the molecule is NC(N)=NCCCC(N)C(=O)N1CCCC1C(=O)NC(CC(=O)O)C(=O)NC(CS)C(=O)O. The van der Waals surface area contributed by atoms with Crippen LogP contribution in [0.5, 0.6) is 0 Å². The highest BCUT2D eigenvalue weighted by Crippen LogP contribution is 2.19. The second-order valence-corrected chi connectivity index (χ2v) is 7.85. The first-order valence-corrected chi connectivity index (χ1v) is 10.9. The number of aliphatic carboxylic acids is 2. The number of carbonyl (C=O) groups is 5. The largest absolute Gasteiger partial charge is 0.481 e. The van der Waals surface area contributed by atoms with Gasteiger partial charge in [-0.3, -0.25) is 24.2 Å². The topological polar surface area (TPSA) is 244 Å². The first-order valence-electron chi connectivity index (χ1n) is 10.3. The van der Waals surface area contributed by atoms with E-state index in [1.54, 1.807) is 0 Å². The Morgan fingerprint density at radius 2 is 1.79 bits per heavy atom. The van der Waals surface area contributed by atoms with Crippen LogP contribution in [-0.2, 0) is 24.0 Å². The van der Waals surface area contributed by atoms with Crippen molar-refractivity contribution in [2.75, 3.05) is 18.8 Å². The molecule has 0 radical (unpaired) electrons. The molecule has 0 spiro atoms. The zero-order valence-corrected chi connectivity index (χ0v) is 18.9. The third-order valence-corrected chi connectivity index (χ3v) is 5.30. The van der Waals surface area contributed by atoms with Crippen LogP contribution in [0.3, 0.4) is 0 Å². The lowest BCUT2D eigenvalue weighted by Gasteiger charge is -2.28. The Labute approximate surface area is 195 Å². The Morgan fingerprint density at radius 1 is 1.12 bits per heavy atom. The summed E-state index contributed by atoms with van der Waals surface area (Å²) >= 11 is 3.83. The molecule has 0 aromatic heterocycles. The normalized spacial score (nSPS) is 18.0. The van der Waals surface area contributed by atoms with Crippen LogP contribution in [-0.4, -0.2) is 93.7 Å². The van der Waals surface area contributed by atoms with Crippen LogP contribution in [0, 0.1) is 0 Å². The van der Waals surface area contributed by atoms with Crippen molar-refractivity contribution in [1.82, 2.24) is 15.5 Å². The molecule has 1 saturated heterocycles. The van der Waals surface area contributed by atoms with Crippen LogP contribution in [0.1, 0.15) is 32.1 Å². The molecule has 1 aliphatic heterocycles. The van der Waals surface area contributed by atoms with Gasteiger partial charge < -0.3 is 42.9 Å². The van der Waals surface area contributed by atoms with Crippen molar-refractivity contribution in [2.24, 2.45) is 22.2 Å². The average Bonchev–Trinajstić information content (AvgIpc) is 3.22. The number of likely N-dealkylation sites (tertiary alicyclic amines) is 1. The Bertz CT molecular complexity index is 775. The van der Waals surface area contributed by atoms with E-state index in [2.05, 4.69) is 28.3 Å². The van der Waals surface area contributed by atoms with Crippen LogP contribution in [0.15, 0.2) is 4.99 Å². The molecule has 0 aromatic carbocycles. The lowest BCUT2D eigenvalue weighted by molar-refractivity contribution is -0.144. The Morgan fingerprint density at radius 3 is 2.33 bits per heavy atom.